The number of carboxylic acids is 1. The number of carbonyl (C=O) groups excluding carboxylic acids is 2. The van der Waals surface area contributed by atoms with Gasteiger partial charge in [-0.05, 0) is 13.2 Å². The van der Waals surface area contributed by atoms with Crippen LogP contribution in [0.25, 0.3) is 10.4 Å². The molecule has 2 aliphatic heterocycles. The smallest absolute Gasteiger partial charge is 0.352 e. The molecule has 0 spiro atoms. The molecular formula is C18H19N3O5S2. The van der Waals surface area contributed by atoms with E-state index in [-0.39, 0.29) is 29.1 Å². The van der Waals surface area contributed by atoms with Crippen molar-refractivity contribution >= 4 is 51.2 Å². The molecule has 0 saturated carbocycles. The number of ketones is 1. The normalized spacial score (nSPS) is 25.2. The van der Waals surface area contributed by atoms with Gasteiger partial charge in [0.2, 0.25) is 5.91 Å². The molecule has 1 fully saturated rings. The molecule has 8 nitrogen and oxygen atoms in total. The van der Waals surface area contributed by atoms with Crippen molar-refractivity contribution in [2.75, 3.05) is 6.26 Å². The summed E-state index contributed by atoms with van der Waals surface area (Å²) in [6.07, 6.45) is 1.00. The molecule has 2 aromatic heterocycles. The van der Waals surface area contributed by atoms with Crippen molar-refractivity contribution in [3.05, 3.63) is 22.6 Å². The molecule has 0 bridgehead atoms. The molecule has 4 rings (SSSR count). The van der Waals surface area contributed by atoms with Crippen LogP contribution >= 0.6 is 23.1 Å². The molecule has 0 unspecified atom stereocenters. The van der Waals surface area contributed by atoms with Gasteiger partial charge in [-0.1, -0.05) is 6.92 Å². The Hall–Kier alpha value is -2.17. The molecule has 28 heavy (non-hydrogen) atoms. The summed E-state index contributed by atoms with van der Waals surface area (Å²) in [5, 5.41) is 22.4. The van der Waals surface area contributed by atoms with Gasteiger partial charge >= 0.3 is 5.97 Å². The first-order valence-corrected chi connectivity index (χ1v) is 10.8. The summed E-state index contributed by atoms with van der Waals surface area (Å²) in [6, 6.07) is -0.409. The third kappa shape index (κ3) is 2.34. The quantitative estimate of drug-likeness (QED) is 0.431. The Balaban J connectivity index is 1.96. The molecule has 1 saturated heterocycles. The lowest BCUT2D eigenvalue weighted by atomic mass is 9.77. The summed E-state index contributed by atoms with van der Waals surface area (Å²) in [5.74, 6) is -2.50. The van der Waals surface area contributed by atoms with Gasteiger partial charge in [-0.25, -0.2) is 9.78 Å². The van der Waals surface area contributed by atoms with E-state index in [0.717, 1.165) is 4.83 Å². The highest BCUT2D eigenvalue weighted by atomic mass is 32.2. The predicted molar refractivity (Wildman–Crippen MR) is 104 cm³/mol. The van der Waals surface area contributed by atoms with Crippen molar-refractivity contribution in [2.45, 2.75) is 37.9 Å². The van der Waals surface area contributed by atoms with Crippen LogP contribution in [0.3, 0.4) is 0 Å². The topological polar surface area (TPSA) is 112 Å². The molecule has 2 aromatic rings. The van der Waals surface area contributed by atoms with Crippen molar-refractivity contribution in [1.82, 2.24) is 14.3 Å². The summed E-state index contributed by atoms with van der Waals surface area (Å²) >= 11 is 2.80. The van der Waals surface area contributed by atoms with Crippen LogP contribution in [0.5, 0.6) is 0 Å². The lowest BCUT2D eigenvalue weighted by Crippen LogP contribution is -2.63. The molecule has 4 heterocycles. The summed E-state index contributed by atoms with van der Waals surface area (Å²) in [5.41, 5.74) is 0.982. The maximum absolute atomic E-state index is 12.5. The average molecular weight is 422 g/mol. The number of aromatic nitrogens is 2. The maximum Gasteiger partial charge on any atom is 0.352 e. The largest absolute Gasteiger partial charge is 0.477 e. The van der Waals surface area contributed by atoms with E-state index in [9.17, 15) is 24.6 Å². The average Bonchev–Trinajstić information content (AvgIpc) is 3.24. The van der Waals surface area contributed by atoms with Crippen LogP contribution in [0.4, 0.5) is 0 Å². The fourth-order valence-electron chi connectivity index (χ4n) is 4.34. The highest BCUT2D eigenvalue weighted by molar-refractivity contribution is 7.98. The molecule has 1 amide bonds. The second-order valence-electron chi connectivity index (χ2n) is 7.08. The third-order valence-corrected chi connectivity index (χ3v) is 7.23. The minimum Gasteiger partial charge on any atom is -0.477 e. The van der Waals surface area contributed by atoms with Crippen molar-refractivity contribution in [2.24, 2.45) is 11.8 Å². The van der Waals surface area contributed by atoms with E-state index in [0.29, 0.717) is 16.3 Å². The number of aliphatic carboxylic acids is 1. The summed E-state index contributed by atoms with van der Waals surface area (Å²) in [6.45, 7) is 4.82. The number of Topliss-reactive ketones (excluding diaryl/α,β-unsaturated/α-hetero) is 1. The number of carboxylic acid groups (broad SMARTS) is 1. The first-order valence-electron chi connectivity index (χ1n) is 8.74. The predicted octanol–water partition coefficient (Wildman–Crippen LogP) is 1.97. The molecule has 10 heteroatoms. The Labute approximate surface area is 168 Å². The zero-order valence-corrected chi connectivity index (χ0v) is 17.3. The van der Waals surface area contributed by atoms with Gasteiger partial charge in [-0.3, -0.25) is 14.0 Å². The van der Waals surface area contributed by atoms with Crippen molar-refractivity contribution in [3.8, 4) is 0 Å². The van der Waals surface area contributed by atoms with Crippen LogP contribution in [0.2, 0.25) is 0 Å². The van der Waals surface area contributed by atoms with Crippen LogP contribution in [-0.2, 0) is 9.59 Å². The number of fused-ring (bicyclic) bond motifs is 2. The highest BCUT2D eigenvalue weighted by Gasteiger charge is 2.60. The van der Waals surface area contributed by atoms with Crippen molar-refractivity contribution in [3.63, 3.8) is 0 Å². The molecule has 2 N–H and O–H groups in total. The number of thioether (sulfide) groups is 1. The molecule has 148 valence electrons. The van der Waals surface area contributed by atoms with E-state index in [1.807, 2.05) is 18.6 Å². The minimum absolute atomic E-state index is 0.0759. The number of hydrogen-bond donors (Lipinski definition) is 2. The fraction of sp³-hybridized carbons (Fsp3) is 0.444. The number of β-lactam (4-membered cyclic amide) rings is 1. The van der Waals surface area contributed by atoms with Crippen molar-refractivity contribution < 1.29 is 24.6 Å². The van der Waals surface area contributed by atoms with Gasteiger partial charge in [0.05, 0.1) is 23.8 Å². The monoisotopic (exact) mass is 421 g/mol. The highest BCUT2D eigenvalue weighted by Crippen LogP contribution is 2.51. The standard InChI is InChI=1S/C18H19N3O5S2/c1-6-10(13(18(25)26)21-12(6)11(7(2)22)16(21)24)9-5-28-17-15(27-4)19-14(8(3)23)20(9)17/h5-7,11-12,22H,1-4H3,(H,25,26)/t6-,7+,11+,12+/m0/s1. The number of carbonyl (C=O) groups is 3. The summed E-state index contributed by atoms with van der Waals surface area (Å²) < 4.78 is 1.70. The van der Waals surface area contributed by atoms with E-state index < -0.39 is 24.0 Å². The number of hydrogen-bond acceptors (Lipinski definition) is 7. The summed E-state index contributed by atoms with van der Waals surface area (Å²) in [4.78, 5) is 43.2. The molecule has 0 radical (unpaired) electrons. The van der Waals surface area contributed by atoms with Gasteiger partial charge in [-0.15, -0.1) is 23.1 Å². The number of thiazole rings is 1. The second-order valence-corrected chi connectivity index (χ2v) is 8.74. The van der Waals surface area contributed by atoms with Crippen LogP contribution in [0, 0.1) is 11.8 Å². The van der Waals surface area contributed by atoms with Gasteiger partial charge in [0.25, 0.3) is 0 Å². The van der Waals surface area contributed by atoms with Gasteiger partial charge < -0.3 is 15.1 Å². The molecular weight excluding hydrogens is 402 g/mol. The lowest BCUT2D eigenvalue weighted by Gasteiger charge is -2.46. The number of amides is 1. The number of rotatable bonds is 5. The van der Waals surface area contributed by atoms with E-state index in [1.165, 1.54) is 34.9 Å². The van der Waals surface area contributed by atoms with Gasteiger partial charge in [0.15, 0.2) is 11.6 Å². The van der Waals surface area contributed by atoms with E-state index >= 15 is 0 Å². The number of aliphatic hydroxyl groups is 1. The maximum atomic E-state index is 12.5. The Morgan fingerprint density at radius 3 is 2.61 bits per heavy atom. The number of imidazole rings is 1. The Morgan fingerprint density at radius 1 is 1.39 bits per heavy atom. The van der Waals surface area contributed by atoms with Crippen LogP contribution < -0.4 is 0 Å². The summed E-state index contributed by atoms with van der Waals surface area (Å²) in [7, 11) is 0. The van der Waals surface area contributed by atoms with Crippen LogP contribution in [-0.4, -0.2) is 60.6 Å². The van der Waals surface area contributed by atoms with Gasteiger partial charge in [-0.2, -0.15) is 0 Å². The minimum atomic E-state index is -1.20. The van der Waals surface area contributed by atoms with E-state index in [1.54, 1.807) is 11.3 Å². The molecule has 0 aliphatic carbocycles. The molecule has 2 aliphatic rings. The van der Waals surface area contributed by atoms with E-state index in [4.69, 9.17) is 0 Å². The first kappa shape index (κ1) is 19.2. The fourth-order valence-corrected chi connectivity index (χ4v) is 6.07. The zero-order chi connectivity index (χ0) is 20.5. The Kier molecular flexibility index (Phi) is 4.40. The zero-order valence-electron chi connectivity index (χ0n) is 15.7. The lowest BCUT2D eigenvalue weighted by molar-refractivity contribution is -0.163. The molecule has 0 aromatic carbocycles. The molecule has 4 atom stereocenters. The van der Waals surface area contributed by atoms with E-state index in [2.05, 4.69) is 4.98 Å². The van der Waals surface area contributed by atoms with Gasteiger partial charge in [0.1, 0.15) is 15.6 Å². The number of nitrogens with zero attached hydrogens (tertiary/aromatic N) is 3. The first-order chi connectivity index (χ1) is 13.2. The SMILES string of the molecule is CSc1nc(C(C)=O)n2c(C3=C(C(=O)O)N4C(=O)[C@H]([C@@H](C)O)[C@H]4[C@H]3C)csc12. The Morgan fingerprint density at radius 2 is 2.07 bits per heavy atom. The van der Waals surface area contributed by atoms with Crippen molar-refractivity contribution in [1.29, 1.82) is 0 Å². The van der Waals surface area contributed by atoms with Crippen LogP contribution in [0.1, 0.15) is 37.1 Å². The second kappa shape index (κ2) is 6.43. The Bertz CT molecular complexity index is 1070. The third-order valence-electron chi connectivity index (χ3n) is 5.49. The number of aliphatic hydroxyl groups excluding tert-OH is 1. The van der Waals surface area contributed by atoms with Crippen LogP contribution in [0.15, 0.2) is 16.1 Å². The van der Waals surface area contributed by atoms with Gasteiger partial charge in [0, 0.05) is 23.8 Å².